The lowest BCUT2D eigenvalue weighted by Gasteiger charge is -2.08. The Morgan fingerprint density at radius 1 is 1.12 bits per heavy atom. The van der Waals surface area contributed by atoms with Gasteiger partial charge in [-0.1, -0.05) is 33.8 Å². The fourth-order valence-electron chi connectivity index (χ4n) is 2.50. The third-order valence-electron chi connectivity index (χ3n) is 4.07. The highest BCUT2D eigenvalue weighted by molar-refractivity contribution is 9.10. The number of fused-ring (bicyclic) bond motifs is 1. The second-order valence-corrected chi connectivity index (χ2v) is 7.52. The van der Waals surface area contributed by atoms with E-state index in [-0.39, 0.29) is 6.79 Å². The Bertz CT molecular complexity index is 944. The van der Waals surface area contributed by atoms with Crippen LogP contribution in [-0.4, -0.2) is 27.0 Å². The fourth-order valence-corrected chi connectivity index (χ4v) is 4.03. The zero-order valence-electron chi connectivity index (χ0n) is 13.7. The first-order chi connectivity index (χ1) is 12.1. The molecule has 2 heterocycles. The SMILES string of the molecule is Cc1ccc(-n2nnnc2SCc2cc3c(cc2Br)OCO3)cc1C. The molecule has 0 atom stereocenters. The van der Waals surface area contributed by atoms with E-state index in [1.807, 2.05) is 18.2 Å². The maximum Gasteiger partial charge on any atom is 0.231 e. The van der Waals surface area contributed by atoms with Crippen molar-refractivity contribution in [3.8, 4) is 17.2 Å². The molecule has 8 heteroatoms. The van der Waals surface area contributed by atoms with Crippen molar-refractivity contribution in [2.75, 3.05) is 6.79 Å². The Hall–Kier alpha value is -2.06. The molecule has 2 aromatic carbocycles. The molecular weight excluding hydrogens is 404 g/mol. The predicted molar refractivity (Wildman–Crippen MR) is 98.5 cm³/mol. The summed E-state index contributed by atoms with van der Waals surface area (Å²) in [6, 6.07) is 10.1. The molecule has 0 spiro atoms. The smallest absolute Gasteiger partial charge is 0.231 e. The van der Waals surface area contributed by atoms with E-state index in [1.54, 1.807) is 16.4 Å². The molecule has 1 aliphatic heterocycles. The molecule has 128 valence electrons. The molecule has 1 aromatic heterocycles. The van der Waals surface area contributed by atoms with Gasteiger partial charge in [0.2, 0.25) is 11.9 Å². The van der Waals surface area contributed by atoms with Gasteiger partial charge in [-0.05, 0) is 65.2 Å². The summed E-state index contributed by atoms with van der Waals surface area (Å²) >= 11 is 5.16. The maximum absolute atomic E-state index is 5.45. The monoisotopic (exact) mass is 418 g/mol. The van der Waals surface area contributed by atoms with Gasteiger partial charge in [-0.25, -0.2) is 0 Å². The summed E-state index contributed by atoms with van der Waals surface area (Å²) in [5.41, 5.74) is 4.52. The molecule has 0 bridgehead atoms. The third-order valence-corrected chi connectivity index (χ3v) is 5.78. The van der Waals surface area contributed by atoms with E-state index in [2.05, 4.69) is 57.4 Å². The molecule has 25 heavy (non-hydrogen) atoms. The Kier molecular flexibility index (Phi) is 4.39. The fraction of sp³-hybridized carbons (Fsp3) is 0.235. The van der Waals surface area contributed by atoms with Gasteiger partial charge in [0.1, 0.15) is 0 Å². The van der Waals surface area contributed by atoms with Crippen LogP contribution in [0.15, 0.2) is 40.0 Å². The Morgan fingerprint density at radius 3 is 2.72 bits per heavy atom. The number of benzene rings is 2. The number of aromatic nitrogens is 4. The lowest BCUT2D eigenvalue weighted by molar-refractivity contribution is 0.174. The molecule has 3 aromatic rings. The van der Waals surface area contributed by atoms with Crippen LogP contribution < -0.4 is 9.47 Å². The van der Waals surface area contributed by atoms with E-state index in [0.29, 0.717) is 5.75 Å². The van der Waals surface area contributed by atoms with E-state index in [1.165, 1.54) is 11.1 Å². The van der Waals surface area contributed by atoms with Crippen LogP contribution in [0.25, 0.3) is 5.69 Å². The lowest BCUT2D eigenvalue weighted by atomic mass is 10.1. The van der Waals surface area contributed by atoms with Gasteiger partial charge in [-0.15, -0.1) is 5.10 Å². The second kappa shape index (κ2) is 6.68. The highest BCUT2D eigenvalue weighted by Gasteiger charge is 2.17. The second-order valence-electron chi connectivity index (χ2n) is 5.73. The average Bonchev–Trinajstić information content (AvgIpc) is 3.23. The van der Waals surface area contributed by atoms with Crippen LogP contribution in [0.2, 0.25) is 0 Å². The Balaban J connectivity index is 1.57. The van der Waals surface area contributed by atoms with E-state index >= 15 is 0 Å². The molecule has 0 unspecified atom stereocenters. The van der Waals surface area contributed by atoms with Gasteiger partial charge in [-0.2, -0.15) is 4.68 Å². The summed E-state index contributed by atoms with van der Waals surface area (Å²) < 4.78 is 13.6. The minimum Gasteiger partial charge on any atom is -0.454 e. The molecular formula is C17H15BrN4O2S. The lowest BCUT2D eigenvalue weighted by Crippen LogP contribution is -2.00. The number of nitrogens with zero attached hydrogens (tertiary/aromatic N) is 4. The zero-order chi connectivity index (χ0) is 17.4. The Morgan fingerprint density at radius 2 is 1.92 bits per heavy atom. The molecule has 0 saturated carbocycles. The number of thioether (sulfide) groups is 1. The average molecular weight is 419 g/mol. The minimum atomic E-state index is 0.267. The summed E-state index contributed by atoms with van der Waals surface area (Å²) in [6.45, 7) is 4.44. The van der Waals surface area contributed by atoms with E-state index in [4.69, 9.17) is 9.47 Å². The molecule has 0 aliphatic carbocycles. The first-order valence-corrected chi connectivity index (χ1v) is 9.46. The highest BCUT2D eigenvalue weighted by atomic mass is 79.9. The van der Waals surface area contributed by atoms with Crippen LogP contribution in [0.4, 0.5) is 0 Å². The number of aryl methyl sites for hydroxylation is 2. The van der Waals surface area contributed by atoms with E-state index < -0.39 is 0 Å². The third kappa shape index (κ3) is 3.23. The number of halogens is 1. The number of hydrogen-bond acceptors (Lipinski definition) is 6. The molecule has 4 rings (SSSR count). The molecule has 0 fully saturated rings. The zero-order valence-corrected chi connectivity index (χ0v) is 16.1. The van der Waals surface area contributed by atoms with E-state index in [9.17, 15) is 0 Å². The minimum absolute atomic E-state index is 0.267. The van der Waals surface area contributed by atoms with Crippen LogP contribution in [0.1, 0.15) is 16.7 Å². The summed E-state index contributed by atoms with van der Waals surface area (Å²) in [5, 5.41) is 12.9. The maximum atomic E-state index is 5.45. The summed E-state index contributed by atoms with van der Waals surface area (Å²) in [6.07, 6.45) is 0. The van der Waals surface area contributed by atoms with Gasteiger partial charge < -0.3 is 9.47 Å². The molecule has 0 saturated heterocycles. The summed E-state index contributed by atoms with van der Waals surface area (Å²) in [5.74, 6) is 2.25. The van der Waals surface area contributed by atoms with Gasteiger partial charge in [0.25, 0.3) is 0 Å². The predicted octanol–water partition coefficient (Wildman–Crippen LogP) is 4.06. The molecule has 6 nitrogen and oxygen atoms in total. The molecule has 0 N–H and O–H groups in total. The summed E-state index contributed by atoms with van der Waals surface area (Å²) in [7, 11) is 0. The van der Waals surface area contributed by atoms with Crippen molar-refractivity contribution >= 4 is 27.7 Å². The summed E-state index contributed by atoms with van der Waals surface area (Å²) in [4.78, 5) is 0. The van der Waals surface area contributed by atoms with Crippen molar-refractivity contribution in [2.24, 2.45) is 0 Å². The highest BCUT2D eigenvalue weighted by Crippen LogP contribution is 2.38. The van der Waals surface area contributed by atoms with Gasteiger partial charge in [-0.3, -0.25) is 0 Å². The Labute approximate surface area is 157 Å². The van der Waals surface area contributed by atoms with Crippen molar-refractivity contribution < 1.29 is 9.47 Å². The molecule has 0 amide bonds. The van der Waals surface area contributed by atoms with Crippen LogP contribution in [0.5, 0.6) is 11.5 Å². The number of tetrazole rings is 1. The van der Waals surface area contributed by atoms with Crippen molar-refractivity contribution in [2.45, 2.75) is 24.8 Å². The van der Waals surface area contributed by atoms with E-state index in [0.717, 1.165) is 32.4 Å². The van der Waals surface area contributed by atoms with Gasteiger partial charge >= 0.3 is 0 Å². The van der Waals surface area contributed by atoms with Crippen molar-refractivity contribution in [1.29, 1.82) is 0 Å². The first-order valence-electron chi connectivity index (χ1n) is 7.68. The normalized spacial score (nSPS) is 12.6. The largest absolute Gasteiger partial charge is 0.454 e. The van der Waals surface area contributed by atoms with Crippen LogP contribution >= 0.6 is 27.7 Å². The van der Waals surface area contributed by atoms with Gasteiger partial charge in [0.05, 0.1) is 5.69 Å². The topological polar surface area (TPSA) is 62.1 Å². The van der Waals surface area contributed by atoms with Gasteiger partial charge in [0.15, 0.2) is 11.5 Å². The molecule has 0 radical (unpaired) electrons. The molecule has 1 aliphatic rings. The van der Waals surface area contributed by atoms with Crippen molar-refractivity contribution in [1.82, 2.24) is 20.2 Å². The van der Waals surface area contributed by atoms with Gasteiger partial charge in [0, 0.05) is 10.2 Å². The van der Waals surface area contributed by atoms with Crippen LogP contribution in [0, 0.1) is 13.8 Å². The number of hydrogen-bond donors (Lipinski definition) is 0. The number of rotatable bonds is 4. The number of ether oxygens (including phenoxy) is 2. The first kappa shape index (κ1) is 16.4. The standard InChI is InChI=1S/C17H15BrN4O2S/c1-10-3-4-13(5-11(10)2)22-17(19-20-21-22)25-8-12-6-15-16(7-14(12)18)24-9-23-15/h3-7H,8-9H2,1-2H3. The van der Waals surface area contributed by atoms with Crippen molar-refractivity contribution in [3.05, 3.63) is 51.5 Å². The van der Waals surface area contributed by atoms with Crippen LogP contribution in [-0.2, 0) is 5.75 Å². The van der Waals surface area contributed by atoms with Crippen LogP contribution in [0.3, 0.4) is 0 Å². The quantitative estimate of drug-likeness (QED) is 0.595. The van der Waals surface area contributed by atoms with Crippen molar-refractivity contribution in [3.63, 3.8) is 0 Å².